The van der Waals surface area contributed by atoms with Crippen LogP contribution in [0.5, 0.6) is 5.75 Å². The fourth-order valence-corrected chi connectivity index (χ4v) is 3.44. The van der Waals surface area contributed by atoms with Gasteiger partial charge in [0.05, 0.1) is 18.6 Å². The Morgan fingerprint density at radius 1 is 1.19 bits per heavy atom. The van der Waals surface area contributed by atoms with Crippen molar-refractivity contribution < 1.29 is 9.53 Å². The van der Waals surface area contributed by atoms with E-state index in [0.29, 0.717) is 10.7 Å². The zero-order valence-electron chi connectivity index (χ0n) is 13.9. The zero-order chi connectivity index (χ0) is 17.9. The van der Waals surface area contributed by atoms with Crippen molar-refractivity contribution in [2.45, 2.75) is 5.16 Å². The molecule has 1 N–H and O–H groups in total. The molecule has 4 aromatic rings. The van der Waals surface area contributed by atoms with E-state index in [2.05, 4.69) is 20.5 Å². The minimum atomic E-state index is 0.0248. The van der Waals surface area contributed by atoms with Crippen LogP contribution in [0.3, 0.4) is 0 Å². The van der Waals surface area contributed by atoms with Crippen molar-refractivity contribution in [1.82, 2.24) is 25.2 Å². The van der Waals surface area contributed by atoms with Crippen LogP contribution in [0.15, 0.2) is 59.9 Å². The predicted molar refractivity (Wildman–Crippen MR) is 99.1 cm³/mol. The molecule has 2 aromatic heterocycles. The maximum absolute atomic E-state index is 12.6. The second kappa shape index (κ2) is 7.01. The molecule has 0 aliphatic carbocycles. The third-order valence-electron chi connectivity index (χ3n) is 3.98. The average Bonchev–Trinajstić information content (AvgIpc) is 3.33. The molecule has 0 saturated carbocycles. The molecule has 0 unspecified atom stereocenters. The van der Waals surface area contributed by atoms with Crippen LogP contribution < -0.4 is 4.74 Å². The number of methoxy groups -OCH3 is 1. The zero-order valence-corrected chi connectivity index (χ0v) is 14.7. The number of carbonyl (C=O) groups is 1. The van der Waals surface area contributed by atoms with Crippen LogP contribution in [0, 0.1) is 0 Å². The number of benzene rings is 2. The summed E-state index contributed by atoms with van der Waals surface area (Å²) in [6.07, 6.45) is 1.75. The Balaban J connectivity index is 1.52. The lowest BCUT2D eigenvalue weighted by molar-refractivity contribution is 0.102. The molecule has 2 heterocycles. The smallest absolute Gasteiger partial charge is 0.214 e. The number of rotatable bonds is 6. The van der Waals surface area contributed by atoms with Crippen molar-refractivity contribution in [3.05, 3.63) is 60.3 Å². The second-order valence-corrected chi connectivity index (χ2v) is 6.47. The Morgan fingerprint density at radius 3 is 2.81 bits per heavy atom. The van der Waals surface area contributed by atoms with Gasteiger partial charge in [-0.05, 0) is 40.8 Å². The van der Waals surface area contributed by atoms with E-state index in [1.165, 1.54) is 11.8 Å². The third kappa shape index (κ3) is 3.06. The Bertz CT molecular complexity index is 1050. The minimum absolute atomic E-state index is 0.0248. The van der Waals surface area contributed by atoms with E-state index in [4.69, 9.17) is 4.74 Å². The molecule has 0 amide bonds. The van der Waals surface area contributed by atoms with Gasteiger partial charge in [0.25, 0.3) is 0 Å². The first kappa shape index (κ1) is 16.3. The van der Waals surface area contributed by atoms with Crippen molar-refractivity contribution in [3.8, 4) is 11.4 Å². The first-order chi connectivity index (χ1) is 12.8. The Hall–Kier alpha value is -3.13. The molecule has 0 fully saturated rings. The number of ether oxygens (including phenoxy) is 1. The molecule has 0 spiro atoms. The van der Waals surface area contributed by atoms with E-state index in [1.807, 2.05) is 48.5 Å². The first-order valence-electron chi connectivity index (χ1n) is 7.91. The van der Waals surface area contributed by atoms with Gasteiger partial charge in [-0.3, -0.25) is 4.79 Å². The van der Waals surface area contributed by atoms with E-state index in [1.54, 1.807) is 18.0 Å². The standard InChI is InChI=1S/C18H15N5O2S/c1-25-13-8-6-12(7-9-13)23-18(20-21-22-23)26-11-17(24)15-10-19-16-5-3-2-4-14(15)16/h2-10,19H,11H2,1H3. The maximum atomic E-state index is 12.6. The van der Waals surface area contributed by atoms with Crippen molar-refractivity contribution in [1.29, 1.82) is 0 Å². The number of aromatic nitrogens is 5. The van der Waals surface area contributed by atoms with Gasteiger partial charge >= 0.3 is 0 Å². The fourth-order valence-electron chi connectivity index (χ4n) is 2.66. The van der Waals surface area contributed by atoms with Gasteiger partial charge in [-0.15, -0.1) is 5.10 Å². The number of ketones is 1. The maximum Gasteiger partial charge on any atom is 0.214 e. The van der Waals surface area contributed by atoms with Crippen molar-refractivity contribution in [2.24, 2.45) is 0 Å². The molecule has 0 aliphatic rings. The molecule has 0 aliphatic heterocycles. The van der Waals surface area contributed by atoms with Crippen LogP contribution >= 0.6 is 11.8 Å². The quantitative estimate of drug-likeness (QED) is 0.417. The summed E-state index contributed by atoms with van der Waals surface area (Å²) in [6, 6.07) is 15.1. The number of para-hydroxylation sites is 1. The lowest BCUT2D eigenvalue weighted by Gasteiger charge is -2.05. The highest BCUT2D eigenvalue weighted by molar-refractivity contribution is 7.99. The number of aromatic amines is 1. The van der Waals surface area contributed by atoms with Gasteiger partial charge in [0, 0.05) is 22.7 Å². The first-order valence-corrected chi connectivity index (χ1v) is 8.90. The normalized spacial score (nSPS) is 11.0. The van der Waals surface area contributed by atoms with Crippen LogP contribution in [0.4, 0.5) is 0 Å². The van der Waals surface area contributed by atoms with Gasteiger partial charge in [-0.25, -0.2) is 0 Å². The lowest BCUT2D eigenvalue weighted by atomic mass is 10.1. The van der Waals surface area contributed by atoms with Crippen LogP contribution in [0.1, 0.15) is 10.4 Å². The van der Waals surface area contributed by atoms with Gasteiger partial charge in [0.15, 0.2) is 5.78 Å². The highest BCUT2D eigenvalue weighted by atomic mass is 32.2. The fraction of sp³-hybridized carbons (Fsp3) is 0.111. The number of fused-ring (bicyclic) bond motifs is 1. The Labute approximate surface area is 153 Å². The highest BCUT2D eigenvalue weighted by Gasteiger charge is 2.15. The number of thioether (sulfide) groups is 1. The summed E-state index contributed by atoms with van der Waals surface area (Å²) >= 11 is 1.31. The Kier molecular flexibility index (Phi) is 4.40. The van der Waals surface area contributed by atoms with Gasteiger partial charge in [0.1, 0.15) is 5.75 Å². The van der Waals surface area contributed by atoms with Gasteiger partial charge in [-0.1, -0.05) is 30.0 Å². The number of nitrogens with zero attached hydrogens (tertiary/aromatic N) is 4. The van der Waals surface area contributed by atoms with Crippen molar-refractivity contribution in [3.63, 3.8) is 0 Å². The van der Waals surface area contributed by atoms with E-state index in [-0.39, 0.29) is 11.5 Å². The number of hydrogen-bond acceptors (Lipinski definition) is 6. The van der Waals surface area contributed by atoms with Gasteiger partial charge in [-0.2, -0.15) is 4.68 Å². The van der Waals surface area contributed by atoms with E-state index in [9.17, 15) is 4.79 Å². The summed E-state index contributed by atoms with van der Waals surface area (Å²) in [5, 5.41) is 13.2. The number of nitrogens with one attached hydrogen (secondary N) is 1. The lowest BCUT2D eigenvalue weighted by Crippen LogP contribution is -2.04. The van der Waals surface area contributed by atoms with E-state index < -0.39 is 0 Å². The molecule has 0 bridgehead atoms. The van der Waals surface area contributed by atoms with Gasteiger partial charge < -0.3 is 9.72 Å². The summed E-state index contributed by atoms with van der Waals surface area (Å²) in [7, 11) is 1.61. The average molecular weight is 365 g/mol. The molecule has 26 heavy (non-hydrogen) atoms. The molecule has 2 aromatic carbocycles. The summed E-state index contributed by atoms with van der Waals surface area (Å²) in [5.41, 5.74) is 2.43. The van der Waals surface area contributed by atoms with Crippen LogP contribution in [-0.2, 0) is 0 Å². The molecule has 130 valence electrons. The topological polar surface area (TPSA) is 85.7 Å². The number of Topliss-reactive ketones (excluding diaryl/α,β-unsaturated/α-hetero) is 1. The molecule has 4 rings (SSSR count). The number of H-pyrrole nitrogens is 1. The SMILES string of the molecule is COc1ccc(-n2nnnc2SCC(=O)c2c[nH]c3ccccc23)cc1. The molecule has 0 atom stereocenters. The van der Waals surface area contributed by atoms with E-state index in [0.717, 1.165) is 22.3 Å². The van der Waals surface area contributed by atoms with Crippen LogP contribution in [0.25, 0.3) is 16.6 Å². The molecule has 8 heteroatoms. The second-order valence-electron chi connectivity index (χ2n) is 5.53. The molecular formula is C18H15N5O2S. The number of hydrogen-bond donors (Lipinski definition) is 1. The van der Waals surface area contributed by atoms with E-state index >= 15 is 0 Å². The molecule has 0 radical (unpaired) electrons. The van der Waals surface area contributed by atoms with Gasteiger partial charge in [0.2, 0.25) is 5.16 Å². The monoisotopic (exact) mass is 365 g/mol. The van der Waals surface area contributed by atoms with Crippen LogP contribution in [0.2, 0.25) is 0 Å². The van der Waals surface area contributed by atoms with Crippen molar-refractivity contribution in [2.75, 3.05) is 12.9 Å². The number of tetrazole rings is 1. The highest BCUT2D eigenvalue weighted by Crippen LogP contribution is 2.23. The summed E-state index contributed by atoms with van der Waals surface area (Å²) in [4.78, 5) is 15.7. The van der Waals surface area contributed by atoms with Crippen LogP contribution in [-0.4, -0.2) is 43.8 Å². The molecule has 7 nitrogen and oxygen atoms in total. The third-order valence-corrected chi connectivity index (χ3v) is 4.90. The van der Waals surface area contributed by atoms with Crippen molar-refractivity contribution >= 4 is 28.4 Å². The molecule has 0 saturated heterocycles. The largest absolute Gasteiger partial charge is 0.497 e. The minimum Gasteiger partial charge on any atom is -0.497 e. The number of carbonyl (C=O) groups excluding carboxylic acids is 1. The Morgan fingerprint density at radius 2 is 2.00 bits per heavy atom. The molecular weight excluding hydrogens is 350 g/mol. The summed E-state index contributed by atoms with van der Waals surface area (Å²) in [6.45, 7) is 0. The summed E-state index contributed by atoms with van der Waals surface area (Å²) < 4.78 is 6.76. The summed E-state index contributed by atoms with van der Waals surface area (Å²) in [5.74, 6) is 1.03. The predicted octanol–water partition coefficient (Wildman–Crippen LogP) is 3.13.